The second kappa shape index (κ2) is 6.21. The highest BCUT2D eigenvalue weighted by Crippen LogP contribution is 2.36. The summed E-state index contributed by atoms with van der Waals surface area (Å²) in [5, 5.41) is 0. The topological polar surface area (TPSA) is 52.6 Å². The number of benzene rings is 2. The van der Waals surface area contributed by atoms with Gasteiger partial charge in [-0.05, 0) is 36.6 Å². The van der Waals surface area contributed by atoms with E-state index in [9.17, 15) is 26.0 Å². The molecule has 0 N–H and O–H groups in total. The van der Waals surface area contributed by atoms with Crippen molar-refractivity contribution in [2.24, 2.45) is 0 Å². The number of alkyl halides is 3. The second-order valence-corrected chi connectivity index (χ2v) is 6.96. The lowest BCUT2D eigenvalue weighted by molar-refractivity contribution is -0.0500. The van der Waals surface area contributed by atoms with Crippen molar-refractivity contribution in [1.29, 1.82) is 0 Å². The molecule has 0 amide bonds. The third-order valence-electron chi connectivity index (χ3n) is 3.73. The molecule has 0 saturated heterocycles. The number of aryl methyl sites for hydroxylation is 1. The van der Waals surface area contributed by atoms with Crippen LogP contribution in [0.25, 0.3) is 0 Å². The van der Waals surface area contributed by atoms with Gasteiger partial charge in [0.25, 0.3) is 0 Å². The van der Waals surface area contributed by atoms with E-state index >= 15 is 0 Å². The molecule has 4 nitrogen and oxygen atoms in total. The van der Waals surface area contributed by atoms with Gasteiger partial charge in [-0.25, -0.2) is 4.39 Å². The highest BCUT2D eigenvalue weighted by molar-refractivity contribution is 7.88. The summed E-state index contributed by atoms with van der Waals surface area (Å²) in [6.07, 6.45) is 0.513. The van der Waals surface area contributed by atoms with Crippen LogP contribution < -0.4 is 8.92 Å². The van der Waals surface area contributed by atoms with E-state index in [1.165, 1.54) is 0 Å². The number of ether oxygens (including phenoxy) is 1. The van der Waals surface area contributed by atoms with E-state index in [1.807, 2.05) is 12.1 Å². The van der Waals surface area contributed by atoms with Crippen LogP contribution in [0.2, 0.25) is 0 Å². The number of para-hydroxylation sites is 1. The summed E-state index contributed by atoms with van der Waals surface area (Å²) in [6, 6.07) is 9.99. The first-order valence-corrected chi connectivity index (χ1v) is 8.63. The van der Waals surface area contributed by atoms with Crippen LogP contribution >= 0.6 is 0 Å². The summed E-state index contributed by atoms with van der Waals surface area (Å²) in [6.45, 7) is 0. The highest BCUT2D eigenvalue weighted by Gasteiger charge is 2.48. The maximum Gasteiger partial charge on any atom is 0.534 e. The fourth-order valence-electron chi connectivity index (χ4n) is 2.54. The Kier molecular flexibility index (Phi) is 4.36. The maximum atomic E-state index is 14.2. The molecule has 0 fully saturated rings. The number of rotatable bonds is 3. The van der Waals surface area contributed by atoms with Crippen molar-refractivity contribution in [1.82, 2.24) is 0 Å². The van der Waals surface area contributed by atoms with Crippen molar-refractivity contribution in [3.8, 4) is 11.5 Å². The van der Waals surface area contributed by atoms with Crippen LogP contribution in [0, 0.1) is 5.82 Å². The van der Waals surface area contributed by atoms with Gasteiger partial charge < -0.3 is 8.92 Å². The Bertz CT molecular complexity index is 893. The van der Waals surface area contributed by atoms with Crippen molar-refractivity contribution >= 4 is 10.1 Å². The Morgan fingerprint density at radius 1 is 1.12 bits per heavy atom. The van der Waals surface area contributed by atoms with Crippen LogP contribution in [0.4, 0.5) is 17.6 Å². The van der Waals surface area contributed by atoms with Gasteiger partial charge in [0, 0.05) is 11.6 Å². The lowest BCUT2D eigenvalue weighted by Gasteiger charge is -2.26. The minimum absolute atomic E-state index is 0.117. The molecule has 0 radical (unpaired) electrons. The molecule has 1 unspecified atom stereocenters. The van der Waals surface area contributed by atoms with Crippen LogP contribution in [-0.2, 0) is 16.5 Å². The maximum absolute atomic E-state index is 14.2. The lowest BCUT2D eigenvalue weighted by atomic mass is 9.97. The van der Waals surface area contributed by atoms with Gasteiger partial charge >= 0.3 is 15.6 Å². The summed E-state index contributed by atoms with van der Waals surface area (Å²) in [4.78, 5) is 0. The molecule has 0 spiro atoms. The number of fused-ring (bicyclic) bond motifs is 1. The zero-order valence-corrected chi connectivity index (χ0v) is 13.4. The average molecular weight is 376 g/mol. The van der Waals surface area contributed by atoms with E-state index in [0.29, 0.717) is 24.7 Å². The van der Waals surface area contributed by atoms with Crippen LogP contribution in [0.15, 0.2) is 42.5 Å². The van der Waals surface area contributed by atoms with Gasteiger partial charge in [-0.3, -0.25) is 0 Å². The van der Waals surface area contributed by atoms with Crippen molar-refractivity contribution in [3.63, 3.8) is 0 Å². The van der Waals surface area contributed by atoms with Gasteiger partial charge in [-0.2, -0.15) is 21.6 Å². The molecule has 1 heterocycles. The molecule has 0 aliphatic carbocycles. The summed E-state index contributed by atoms with van der Waals surface area (Å²) in [5.41, 5.74) is -4.49. The molecular formula is C16H12F4O4S. The normalized spacial score (nSPS) is 17.5. The van der Waals surface area contributed by atoms with Gasteiger partial charge in [-0.15, -0.1) is 0 Å². The first-order valence-electron chi connectivity index (χ1n) is 7.22. The summed E-state index contributed by atoms with van der Waals surface area (Å²) in [7, 11) is -5.84. The first-order chi connectivity index (χ1) is 11.7. The van der Waals surface area contributed by atoms with Gasteiger partial charge in [-0.1, -0.05) is 18.2 Å². The molecule has 0 aromatic heterocycles. The number of hydrogen-bond donors (Lipinski definition) is 0. The van der Waals surface area contributed by atoms with Crippen molar-refractivity contribution in [2.75, 3.05) is 0 Å². The zero-order valence-electron chi connectivity index (χ0n) is 12.6. The van der Waals surface area contributed by atoms with Gasteiger partial charge in [0.1, 0.15) is 23.4 Å². The third kappa shape index (κ3) is 3.55. The smallest absolute Gasteiger partial charge is 0.485 e. The summed E-state index contributed by atoms with van der Waals surface area (Å²) >= 11 is 0. The molecule has 25 heavy (non-hydrogen) atoms. The predicted octanol–water partition coefficient (Wildman–Crippen LogP) is 4.12. The highest BCUT2D eigenvalue weighted by atomic mass is 32.2. The van der Waals surface area contributed by atoms with Crippen molar-refractivity contribution in [2.45, 2.75) is 24.5 Å². The van der Waals surface area contributed by atoms with E-state index in [-0.39, 0.29) is 5.56 Å². The standard InChI is InChI=1S/C16H12F4O4S/c17-13-9-11(24-25(21,22)16(18,19)20)6-7-12(13)15-8-5-10-3-1-2-4-14(10)23-15/h1-4,6-7,9,15H,5,8H2. The van der Waals surface area contributed by atoms with Crippen LogP contribution in [0.5, 0.6) is 11.5 Å². The number of halogens is 4. The van der Waals surface area contributed by atoms with Crippen molar-refractivity contribution in [3.05, 3.63) is 59.4 Å². The first kappa shape index (κ1) is 17.5. The molecule has 2 aromatic carbocycles. The Morgan fingerprint density at radius 3 is 2.52 bits per heavy atom. The monoisotopic (exact) mass is 376 g/mol. The molecular weight excluding hydrogens is 364 g/mol. The Balaban J connectivity index is 1.82. The third-order valence-corrected chi connectivity index (χ3v) is 4.70. The Hall–Kier alpha value is -2.29. The number of hydrogen-bond acceptors (Lipinski definition) is 4. The molecule has 1 aliphatic rings. The Morgan fingerprint density at radius 2 is 1.84 bits per heavy atom. The lowest BCUT2D eigenvalue weighted by Crippen LogP contribution is -2.28. The van der Waals surface area contributed by atoms with Gasteiger partial charge in [0.2, 0.25) is 0 Å². The largest absolute Gasteiger partial charge is 0.534 e. The second-order valence-electron chi connectivity index (χ2n) is 5.42. The minimum atomic E-state index is -5.84. The fraction of sp³-hybridized carbons (Fsp3) is 0.250. The molecule has 2 aromatic rings. The summed E-state index contributed by atoms with van der Waals surface area (Å²) < 4.78 is 82.7. The van der Waals surface area contributed by atoms with Crippen LogP contribution in [0.3, 0.4) is 0 Å². The van der Waals surface area contributed by atoms with E-state index in [0.717, 1.165) is 17.7 Å². The average Bonchev–Trinajstić information content (AvgIpc) is 2.53. The summed E-state index contributed by atoms with van der Waals surface area (Å²) in [5.74, 6) is -1.05. The minimum Gasteiger partial charge on any atom is -0.485 e. The fourth-order valence-corrected chi connectivity index (χ4v) is 2.99. The SMILES string of the molecule is O=S(=O)(Oc1ccc(C2CCc3ccccc3O2)c(F)c1)C(F)(F)F. The van der Waals surface area contributed by atoms with Crippen molar-refractivity contribution < 1.29 is 34.9 Å². The quantitative estimate of drug-likeness (QED) is 0.459. The van der Waals surface area contributed by atoms with Crippen LogP contribution in [-0.4, -0.2) is 13.9 Å². The van der Waals surface area contributed by atoms with E-state index in [4.69, 9.17) is 4.74 Å². The molecule has 134 valence electrons. The zero-order chi connectivity index (χ0) is 18.2. The molecule has 0 saturated carbocycles. The van der Waals surface area contributed by atoms with E-state index < -0.39 is 33.3 Å². The van der Waals surface area contributed by atoms with Gasteiger partial charge in [0.15, 0.2) is 0 Å². The molecule has 0 bridgehead atoms. The predicted molar refractivity (Wildman–Crippen MR) is 80.1 cm³/mol. The molecule has 1 atom stereocenters. The molecule has 9 heteroatoms. The Labute approximate surface area is 141 Å². The van der Waals surface area contributed by atoms with E-state index in [2.05, 4.69) is 4.18 Å². The van der Waals surface area contributed by atoms with Crippen LogP contribution in [0.1, 0.15) is 23.7 Å². The molecule has 3 rings (SSSR count). The van der Waals surface area contributed by atoms with E-state index in [1.54, 1.807) is 12.1 Å². The van der Waals surface area contributed by atoms with Gasteiger partial charge in [0.05, 0.1) is 0 Å². The molecule has 1 aliphatic heterocycles.